The molecule has 1 atom stereocenters. The summed E-state index contributed by atoms with van der Waals surface area (Å²) in [5.74, 6) is 0.925. The molecule has 2 aliphatic rings. The predicted molar refractivity (Wildman–Crippen MR) is 112 cm³/mol. The molecule has 0 unspecified atom stereocenters. The summed E-state index contributed by atoms with van der Waals surface area (Å²) in [5.41, 5.74) is 0.618. The second-order valence-electron chi connectivity index (χ2n) is 8.07. The SMILES string of the molecule is CCC(=O)[C@H]1CCCN(C(=O)c2ccc(OC3CCN(C(=O)COC)CC3)cc2)C1. The minimum Gasteiger partial charge on any atom is -0.490 e. The fourth-order valence-electron chi connectivity index (χ4n) is 4.20. The van der Waals surface area contributed by atoms with Gasteiger partial charge in [-0.05, 0) is 37.1 Å². The monoisotopic (exact) mass is 416 g/mol. The van der Waals surface area contributed by atoms with Crippen molar-refractivity contribution >= 4 is 17.6 Å². The highest BCUT2D eigenvalue weighted by Gasteiger charge is 2.28. The Bertz CT molecular complexity index is 740. The van der Waals surface area contributed by atoms with Gasteiger partial charge in [-0.1, -0.05) is 6.92 Å². The molecule has 0 bridgehead atoms. The number of hydrogen-bond acceptors (Lipinski definition) is 5. The molecule has 2 amide bonds. The van der Waals surface area contributed by atoms with Gasteiger partial charge in [0.2, 0.25) is 5.91 Å². The van der Waals surface area contributed by atoms with Crippen LogP contribution in [0.15, 0.2) is 24.3 Å². The van der Waals surface area contributed by atoms with Crippen LogP contribution in [0, 0.1) is 5.92 Å². The molecule has 7 heteroatoms. The summed E-state index contributed by atoms with van der Waals surface area (Å²) >= 11 is 0. The van der Waals surface area contributed by atoms with E-state index < -0.39 is 0 Å². The van der Waals surface area contributed by atoms with Gasteiger partial charge in [0.25, 0.3) is 5.91 Å². The molecule has 0 N–H and O–H groups in total. The number of carbonyl (C=O) groups excluding carboxylic acids is 3. The van der Waals surface area contributed by atoms with E-state index in [1.807, 2.05) is 19.1 Å². The second-order valence-corrected chi connectivity index (χ2v) is 8.07. The van der Waals surface area contributed by atoms with Crippen LogP contribution in [0.5, 0.6) is 5.75 Å². The lowest BCUT2D eigenvalue weighted by Crippen LogP contribution is -2.43. The molecule has 0 radical (unpaired) electrons. The van der Waals surface area contributed by atoms with E-state index in [-0.39, 0.29) is 36.2 Å². The molecule has 0 saturated carbocycles. The van der Waals surface area contributed by atoms with Crippen LogP contribution in [0.4, 0.5) is 0 Å². The van der Waals surface area contributed by atoms with Gasteiger partial charge in [-0.3, -0.25) is 14.4 Å². The summed E-state index contributed by atoms with van der Waals surface area (Å²) in [6.07, 6.45) is 3.88. The van der Waals surface area contributed by atoms with Gasteiger partial charge < -0.3 is 19.3 Å². The molecule has 30 heavy (non-hydrogen) atoms. The molecule has 0 spiro atoms. The van der Waals surface area contributed by atoms with E-state index in [1.165, 1.54) is 7.11 Å². The maximum Gasteiger partial charge on any atom is 0.253 e. The minimum atomic E-state index is -0.0306. The van der Waals surface area contributed by atoms with Crippen LogP contribution in [0.3, 0.4) is 0 Å². The van der Waals surface area contributed by atoms with E-state index in [2.05, 4.69) is 0 Å². The topological polar surface area (TPSA) is 76.2 Å². The van der Waals surface area contributed by atoms with E-state index in [1.54, 1.807) is 21.9 Å². The largest absolute Gasteiger partial charge is 0.490 e. The molecule has 164 valence electrons. The zero-order valence-electron chi connectivity index (χ0n) is 18.0. The molecule has 2 saturated heterocycles. The normalized spacial score (nSPS) is 20.1. The number of likely N-dealkylation sites (tertiary alicyclic amines) is 2. The molecule has 2 heterocycles. The first-order valence-corrected chi connectivity index (χ1v) is 10.9. The second kappa shape index (κ2) is 10.6. The molecule has 0 aromatic heterocycles. The van der Waals surface area contributed by atoms with E-state index in [0.717, 1.165) is 31.4 Å². The van der Waals surface area contributed by atoms with Crippen molar-refractivity contribution < 1.29 is 23.9 Å². The Morgan fingerprint density at radius 3 is 2.33 bits per heavy atom. The van der Waals surface area contributed by atoms with E-state index in [4.69, 9.17) is 9.47 Å². The van der Waals surface area contributed by atoms with Crippen molar-refractivity contribution in [3.63, 3.8) is 0 Å². The van der Waals surface area contributed by atoms with Crippen molar-refractivity contribution in [1.82, 2.24) is 9.80 Å². The number of benzene rings is 1. The number of amides is 2. The van der Waals surface area contributed by atoms with Crippen LogP contribution in [-0.2, 0) is 14.3 Å². The van der Waals surface area contributed by atoms with Gasteiger partial charge in [-0.25, -0.2) is 0 Å². The fourth-order valence-corrected chi connectivity index (χ4v) is 4.20. The number of ether oxygens (including phenoxy) is 2. The maximum absolute atomic E-state index is 12.8. The van der Waals surface area contributed by atoms with Gasteiger partial charge in [0.05, 0.1) is 0 Å². The van der Waals surface area contributed by atoms with Crippen molar-refractivity contribution in [2.45, 2.75) is 45.1 Å². The summed E-state index contributed by atoms with van der Waals surface area (Å²) in [7, 11) is 1.52. The standard InChI is InChI=1S/C23H32N2O5/c1-3-21(26)18-5-4-12-25(15-18)23(28)17-6-8-19(9-7-17)30-20-10-13-24(14-11-20)22(27)16-29-2/h6-9,18,20H,3-5,10-16H2,1-2H3/t18-/m0/s1. The Balaban J connectivity index is 1.51. The van der Waals surface area contributed by atoms with Gasteiger partial charge in [0.15, 0.2) is 0 Å². The first-order chi connectivity index (χ1) is 14.5. The number of nitrogens with zero attached hydrogens (tertiary/aromatic N) is 2. The summed E-state index contributed by atoms with van der Waals surface area (Å²) < 4.78 is 11.0. The van der Waals surface area contributed by atoms with Crippen LogP contribution in [0.2, 0.25) is 0 Å². The molecule has 7 nitrogen and oxygen atoms in total. The van der Waals surface area contributed by atoms with Crippen molar-refractivity contribution in [3.8, 4) is 5.75 Å². The zero-order chi connectivity index (χ0) is 21.5. The zero-order valence-corrected chi connectivity index (χ0v) is 18.0. The molecular weight excluding hydrogens is 384 g/mol. The Hall–Kier alpha value is -2.41. The lowest BCUT2D eigenvalue weighted by atomic mass is 9.92. The first-order valence-electron chi connectivity index (χ1n) is 10.9. The molecule has 3 rings (SSSR count). The van der Waals surface area contributed by atoms with Crippen LogP contribution < -0.4 is 4.74 Å². The minimum absolute atomic E-state index is 0.0133. The average molecular weight is 417 g/mol. The predicted octanol–water partition coefficient (Wildman–Crippen LogP) is 2.53. The smallest absolute Gasteiger partial charge is 0.253 e. The third-order valence-corrected chi connectivity index (χ3v) is 5.98. The number of hydrogen-bond donors (Lipinski definition) is 0. The summed E-state index contributed by atoms with van der Waals surface area (Å²) in [5, 5.41) is 0. The third-order valence-electron chi connectivity index (χ3n) is 5.98. The first kappa shape index (κ1) is 22.3. The quantitative estimate of drug-likeness (QED) is 0.683. The number of piperidine rings is 2. The highest BCUT2D eigenvalue weighted by molar-refractivity contribution is 5.95. The molecule has 0 aliphatic carbocycles. The Morgan fingerprint density at radius 1 is 1.00 bits per heavy atom. The van der Waals surface area contributed by atoms with Gasteiger partial charge in [-0.15, -0.1) is 0 Å². The molecule has 2 aliphatic heterocycles. The van der Waals surface area contributed by atoms with Crippen LogP contribution >= 0.6 is 0 Å². The van der Waals surface area contributed by atoms with Crippen LogP contribution in [-0.4, -0.2) is 73.4 Å². The fraction of sp³-hybridized carbons (Fsp3) is 0.609. The van der Waals surface area contributed by atoms with Crippen molar-refractivity contribution in [1.29, 1.82) is 0 Å². The van der Waals surface area contributed by atoms with E-state index in [0.29, 0.717) is 38.2 Å². The lowest BCUT2D eigenvalue weighted by Gasteiger charge is -2.32. The Kier molecular flexibility index (Phi) is 7.85. The third kappa shape index (κ3) is 5.59. The molecular formula is C23H32N2O5. The average Bonchev–Trinajstić information content (AvgIpc) is 2.79. The van der Waals surface area contributed by atoms with E-state index in [9.17, 15) is 14.4 Å². The highest BCUT2D eigenvalue weighted by Crippen LogP contribution is 2.23. The molecule has 2 fully saturated rings. The van der Waals surface area contributed by atoms with E-state index >= 15 is 0 Å². The molecule has 1 aromatic carbocycles. The number of Topliss-reactive ketones (excluding diaryl/α,β-unsaturated/α-hetero) is 1. The summed E-state index contributed by atoms with van der Waals surface area (Å²) in [4.78, 5) is 40.3. The van der Waals surface area contributed by atoms with Crippen LogP contribution in [0.1, 0.15) is 49.4 Å². The van der Waals surface area contributed by atoms with Gasteiger partial charge >= 0.3 is 0 Å². The molecule has 1 aromatic rings. The maximum atomic E-state index is 12.8. The van der Waals surface area contributed by atoms with Crippen molar-refractivity contribution in [2.24, 2.45) is 5.92 Å². The van der Waals surface area contributed by atoms with Crippen LogP contribution in [0.25, 0.3) is 0 Å². The Morgan fingerprint density at radius 2 is 1.70 bits per heavy atom. The number of rotatable bonds is 7. The van der Waals surface area contributed by atoms with Gasteiger partial charge in [-0.2, -0.15) is 0 Å². The van der Waals surface area contributed by atoms with Crippen molar-refractivity contribution in [3.05, 3.63) is 29.8 Å². The number of ketones is 1. The number of carbonyl (C=O) groups is 3. The highest BCUT2D eigenvalue weighted by atomic mass is 16.5. The summed E-state index contributed by atoms with van der Waals surface area (Å²) in [6.45, 7) is 4.54. The Labute approximate surface area is 178 Å². The van der Waals surface area contributed by atoms with Crippen molar-refractivity contribution in [2.75, 3.05) is 39.9 Å². The van der Waals surface area contributed by atoms with Gasteiger partial charge in [0, 0.05) is 64.0 Å². The summed E-state index contributed by atoms with van der Waals surface area (Å²) in [6, 6.07) is 7.24. The van der Waals surface area contributed by atoms with Gasteiger partial charge in [0.1, 0.15) is 24.2 Å². The number of methoxy groups -OCH3 is 1. The lowest BCUT2D eigenvalue weighted by molar-refractivity contribution is -0.136.